The Hall–Kier alpha value is -3.74. The monoisotopic (exact) mass is 392 g/mol. The summed E-state index contributed by atoms with van der Waals surface area (Å²) in [5.74, 6) is -0.972. The number of fused-ring (bicyclic) bond motifs is 1. The number of anilines is 1. The maximum atomic E-state index is 12.4. The molecule has 7 nitrogen and oxygen atoms in total. The van der Waals surface area contributed by atoms with E-state index >= 15 is 0 Å². The number of benzene rings is 3. The maximum Gasteiger partial charge on any atom is 0.338 e. The number of ether oxygens (including phenoxy) is 1. The van der Waals surface area contributed by atoms with Crippen LogP contribution in [0, 0.1) is 10.1 Å². The summed E-state index contributed by atoms with van der Waals surface area (Å²) in [5.41, 5.74) is 0.766. The van der Waals surface area contributed by atoms with Crippen LogP contribution in [-0.4, -0.2) is 23.4 Å². The molecule has 0 fully saturated rings. The van der Waals surface area contributed by atoms with Crippen LogP contribution in [0.15, 0.2) is 60.7 Å². The minimum absolute atomic E-state index is 0.0567. The normalized spacial score (nSPS) is 10.6. The molecule has 7 heteroatoms. The van der Waals surface area contributed by atoms with Gasteiger partial charge in [0.05, 0.1) is 23.6 Å². The highest BCUT2D eigenvalue weighted by Crippen LogP contribution is 2.31. The molecule has 0 radical (unpaired) electrons. The number of esters is 1. The maximum absolute atomic E-state index is 12.4. The lowest BCUT2D eigenvalue weighted by Gasteiger charge is -2.22. The molecular formula is C22H20N2O5. The molecule has 3 aromatic rings. The standard InChI is InChI=1S/C22H20N2O5/c1-3-29-22(26)19-10-11-20(24(27)28)21(13-19)23(15(2)25)14-16-8-9-17-6-4-5-7-18(17)12-16/h4-13H,3,14H2,1-2H3. The second-order valence-corrected chi connectivity index (χ2v) is 6.47. The number of nitro groups is 1. The van der Waals surface area contributed by atoms with Gasteiger partial charge in [-0.15, -0.1) is 0 Å². The van der Waals surface area contributed by atoms with E-state index in [9.17, 15) is 19.7 Å². The van der Waals surface area contributed by atoms with Gasteiger partial charge in [-0.3, -0.25) is 14.9 Å². The quantitative estimate of drug-likeness (QED) is 0.351. The zero-order chi connectivity index (χ0) is 21.0. The van der Waals surface area contributed by atoms with E-state index in [1.54, 1.807) is 6.92 Å². The smallest absolute Gasteiger partial charge is 0.338 e. The zero-order valence-electron chi connectivity index (χ0n) is 16.1. The molecule has 0 N–H and O–H groups in total. The molecule has 148 valence electrons. The van der Waals surface area contributed by atoms with Crippen LogP contribution >= 0.6 is 0 Å². The van der Waals surface area contributed by atoms with Crippen molar-refractivity contribution >= 4 is 34.0 Å². The predicted molar refractivity (Wildman–Crippen MR) is 110 cm³/mol. The van der Waals surface area contributed by atoms with Gasteiger partial charge in [-0.05, 0) is 41.5 Å². The minimum atomic E-state index is -0.599. The molecule has 3 aromatic carbocycles. The van der Waals surface area contributed by atoms with Crippen LogP contribution < -0.4 is 4.90 Å². The minimum Gasteiger partial charge on any atom is -0.462 e. The molecule has 0 saturated heterocycles. The lowest BCUT2D eigenvalue weighted by Crippen LogP contribution is -2.28. The van der Waals surface area contributed by atoms with Crippen molar-refractivity contribution in [3.8, 4) is 0 Å². The third kappa shape index (κ3) is 4.40. The highest BCUT2D eigenvalue weighted by Gasteiger charge is 2.25. The summed E-state index contributed by atoms with van der Waals surface area (Å²) in [4.78, 5) is 36.7. The van der Waals surface area contributed by atoms with Gasteiger partial charge in [-0.1, -0.05) is 36.4 Å². The number of rotatable bonds is 6. The van der Waals surface area contributed by atoms with Gasteiger partial charge in [-0.2, -0.15) is 0 Å². The van der Waals surface area contributed by atoms with Crippen molar-refractivity contribution in [2.75, 3.05) is 11.5 Å². The van der Waals surface area contributed by atoms with E-state index < -0.39 is 10.9 Å². The number of carbonyl (C=O) groups excluding carboxylic acids is 2. The second-order valence-electron chi connectivity index (χ2n) is 6.47. The van der Waals surface area contributed by atoms with Crippen molar-refractivity contribution in [2.24, 2.45) is 0 Å². The Morgan fingerprint density at radius 1 is 1.03 bits per heavy atom. The molecule has 0 saturated carbocycles. The number of hydrogen-bond donors (Lipinski definition) is 0. The summed E-state index contributed by atoms with van der Waals surface area (Å²) < 4.78 is 4.98. The first-order valence-electron chi connectivity index (χ1n) is 9.12. The van der Waals surface area contributed by atoms with Crippen LogP contribution in [0.4, 0.5) is 11.4 Å². The van der Waals surface area contributed by atoms with E-state index in [2.05, 4.69) is 0 Å². The fourth-order valence-corrected chi connectivity index (χ4v) is 3.12. The molecule has 0 aliphatic rings. The molecule has 0 spiro atoms. The van der Waals surface area contributed by atoms with Crippen LogP contribution in [0.1, 0.15) is 29.8 Å². The molecule has 0 atom stereocenters. The lowest BCUT2D eigenvalue weighted by atomic mass is 10.1. The SMILES string of the molecule is CCOC(=O)c1ccc([N+](=O)[O-])c(N(Cc2ccc3ccccc3c2)C(C)=O)c1. The molecular weight excluding hydrogens is 372 g/mol. The van der Waals surface area contributed by atoms with Crippen molar-refractivity contribution in [1.82, 2.24) is 0 Å². The summed E-state index contributed by atoms with van der Waals surface area (Å²) in [7, 11) is 0. The van der Waals surface area contributed by atoms with Crippen molar-refractivity contribution < 1.29 is 19.2 Å². The molecule has 0 unspecified atom stereocenters. The average Bonchev–Trinajstić information content (AvgIpc) is 2.71. The van der Waals surface area contributed by atoms with Gasteiger partial charge >= 0.3 is 5.97 Å². The van der Waals surface area contributed by atoms with Gasteiger partial charge in [0, 0.05) is 13.0 Å². The number of hydrogen-bond acceptors (Lipinski definition) is 5. The summed E-state index contributed by atoms with van der Waals surface area (Å²) in [5, 5.41) is 13.6. The van der Waals surface area contributed by atoms with Crippen molar-refractivity contribution in [3.63, 3.8) is 0 Å². The summed E-state index contributed by atoms with van der Waals surface area (Å²) in [6, 6.07) is 17.4. The van der Waals surface area contributed by atoms with Gasteiger partial charge < -0.3 is 9.64 Å². The second kappa shape index (κ2) is 8.52. The molecule has 0 heterocycles. The topological polar surface area (TPSA) is 89.8 Å². The van der Waals surface area contributed by atoms with Gasteiger partial charge in [0.1, 0.15) is 5.69 Å². The van der Waals surface area contributed by atoms with Crippen molar-refractivity contribution in [3.05, 3.63) is 81.9 Å². The predicted octanol–water partition coefficient (Wildman–Crippen LogP) is 4.48. The van der Waals surface area contributed by atoms with Gasteiger partial charge in [-0.25, -0.2) is 4.79 Å². The van der Waals surface area contributed by atoms with E-state index in [4.69, 9.17) is 4.74 Å². The Labute approximate surface area is 167 Å². The number of amides is 1. The Bertz CT molecular complexity index is 1090. The van der Waals surface area contributed by atoms with Crippen LogP contribution in [0.2, 0.25) is 0 Å². The highest BCUT2D eigenvalue weighted by atomic mass is 16.6. The molecule has 0 aliphatic heterocycles. The van der Waals surface area contributed by atoms with Gasteiger partial charge in [0.15, 0.2) is 0 Å². The summed E-state index contributed by atoms with van der Waals surface area (Å²) >= 11 is 0. The molecule has 0 aliphatic carbocycles. The molecule has 29 heavy (non-hydrogen) atoms. The average molecular weight is 392 g/mol. The third-order valence-corrected chi connectivity index (χ3v) is 4.51. The third-order valence-electron chi connectivity index (χ3n) is 4.51. The number of nitrogens with zero attached hydrogens (tertiary/aromatic N) is 2. The Morgan fingerprint density at radius 2 is 1.76 bits per heavy atom. The number of nitro benzene ring substituents is 1. The first-order valence-corrected chi connectivity index (χ1v) is 9.12. The fraction of sp³-hybridized carbons (Fsp3) is 0.182. The van der Waals surface area contributed by atoms with E-state index in [1.165, 1.54) is 30.0 Å². The highest BCUT2D eigenvalue weighted by molar-refractivity contribution is 5.97. The number of carbonyl (C=O) groups is 2. The van der Waals surface area contributed by atoms with Gasteiger partial charge in [0.25, 0.3) is 5.69 Å². The summed E-state index contributed by atoms with van der Waals surface area (Å²) in [6.45, 7) is 3.32. The van der Waals surface area contributed by atoms with Crippen LogP contribution in [-0.2, 0) is 16.1 Å². The van der Waals surface area contributed by atoms with Crippen LogP contribution in [0.25, 0.3) is 10.8 Å². The van der Waals surface area contributed by atoms with Gasteiger partial charge in [0.2, 0.25) is 5.91 Å². The Morgan fingerprint density at radius 3 is 2.41 bits per heavy atom. The van der Waals surface area contributed by atoms with E-state index in [1.807, 2.05) is 42.5 Å². The van der Waals surface area contributed by atoms with Crippen molar-refractivity contribution in [2.45, 2.75) is 20.4 Å². The molecule has 0 bridgehead atoms. The van der Waals surface area contributed by atoms with Crippen LogP contribution in [0.3, 0.4) is 0 Å². The summed E-state index contributed by atoms with van der Waals surface area (Å²) in [6.07, 6.45) is 0. The Kier molecular flexibility index (Phi) is 5.87. The Balaban J connectivity index is 2.04. The zero-order valence-corrected chi connectivity index (χ0v) is 16.1. The fourth-order valence-electron chi connectivity index (χ4n) is 3.12. The first kappa shape index (κ1) is 20.0. The molecule has 1 amide bonds. The first-order chi connectivity index (χ1) is 13.9. The van der Waals surface area contributed by atoms with Crippen LogP contribution in [0.5, 0.6) is 0 Å². The largest absolute Gasteiger partial charge is 0.462 e. The molecule has 0 aromatic heterocycles. The van der Waals surface area contributed by atoms with E-state index in [0.717, 1.165) is 16.3 Å². The lowest BCUT2D eigenvalue weighted by molar-refractivity contribution is -0.384. The molecule has 3 rings (SSSR count). The van der Waals surface area contributed by atoms with E-state index in [-0.39, 0.29) is 36.0 Å². The van der Waals surface area contributed by atoms with Crippen molar-refractivity contribution in [1.29, 1.82) is 0 Å². The van der Waals surface area contributed by atoms with E-state index in [0.29, 0.717) is 0 Å².